The number of rotatable bonds is 0. The monoisotopic (exact) mass is 173 g/mol. The second kappa shape index (κ2) is 3.20. The van der Waals surface area contributed by atoms with E-state index in [4.69, 9.17) is 10.5 Å². The zero-order valence-corrected chi connectivity index (χ0v) is 7.38. The molecular formula is C10H11N3. The third kappa shape index (κ3) is 1.43. The smallest absolute Gasteiger partial charge is 0.128 e. The van der Waals surface area contributed by atoms with Gasteiger partial charge in [0.2, 0.25) is 0 Å². The summed E-state index contributed by atoms with van der Waals surface area (Å²) in [5, 5.41) is 20.9. The molecule has 3 heteroatoms. The Kier molecular flexibility index (Phi) is 2.04. The minimum absolute atomic E-state index is 0.346. The number of nitrogens with zero attached hydrogens (tertiary/aromatic N) is 2. The quantitative estimate of drug-likeness (QED) is 0.561. The highest BCUT2D eigenvalue weighted by molar-refractivity contribution is 5.41. The van der Waals surface area contributed by atoms with Crippen molar-refractivity contribution in [3.63, 3.8) is 0 Å². The Morgan fingerprint density at radius 3 is 2.15 bits per heavy atom. The number of nitriles is 2. The molecule has 0 aromatic carbocycles. The van der Waals surface area contributed by atoms with Gasteiger partial charge in [-0.2, -0.15) is 10.5 Å². The molecule has 0 radical (unpaired) electrons. The molecule has 2 aliphatic heterocycles. The predicted molar refractivity (Wildman–Crippen MR) is 47.4 cm³/mol. The van der Waals surface area contributed by atoms with Gasteiger partial charge in [-0.1, -0.05) is 0 Å². The number of hydrogen-bond donors (Lipinski definition) is 1. The minimum Gasteiger partial charge on any atom is -0.311 e. The van der Waals surface area contributed by atoms with E-state index >= 15 is 0 Å². The molecule has 0 aromatic rings. The lowest BCUT2D eigenvalue weighted by molar-refractivity contribution is 0.473. The van der Waals surface area contributed by atoms with Crippen LogP contribution in [0, 0.1) is 22.7 Å². The standard InChI is InChI=1S/C10H11N3/c11-5-8(6-12)7-3-9-1-2-10(4-7)13-9/h9-10,13H,1-4H2. The summed E-state index contributed by atoms with van der Waals surface area (Å²) < 4.78 is 0. The molecule has 0 aliphatic carbocycles. The maximum absolute atomic E-state index is 8.72. The van der Waals surface area contributed by atoms with Gasteiger partial charge in [-0.25, -0.2) is 0 Å². The fraction of sp³-hybridized carbons (Fsp3) is 0.600. The van der Waals surface area contributed by atoms with Crippen molar-refractivity contribution in [3.05, 3.63) is 11.1 Å². The van der Waals surface area contributed by atoms with Gasteiger partial charge in [0.05, 0.1) is 0 Å². The Balaban J connectivity index is 2.24. The molecule has 0 spiro atoms. The number of nitrogens with one attached hydrogen (secondary N) is 1. The van der Waals surface area contributed by atoms with Crippen LogP contribution >= 0.6 is 0 Å². The van der Waals surface area contributed by atoms with Gasteiger partial charge in [0.25, 0.3) is 0 Å². The van der Waals surface area contributed by atoms with E-state index in [1.807, 2.05) is 12.1 Å². The van der Waals surface area contributed by atoms with Crippen LogP contribution in [0.4, 0.5) is 0 Å². The Morgan fingerprint density at radius 2 is 1.69 bits per heavy atom. The molecule has 2 unspecified atom stereocenters. The lowest BCUT2D eigenvalue weighted by Gasteiger charge is -2.23. The van der Waals surface area contributed by atoms with Gasteiger partial charge < -0.3 is 5.32 Å². The van der Waals surface area contributed by atoms with E-state index in [1.165, 1.54) is 12.8 Å². The second-order valence-electron chi connectivity index (χ2n) is 3.75. The number of hydrogen-bond acceptors (Lipinski definition) is 3. The minimum atomic E-state index is 0.346. The van der Waals surface area contributed by atoms with Crippen LogP contribution in [0.25, 0.3) is 0 Å². The van der Waals surface area contributed by atoms with Gasteiger partial charge in [-0.15, -0.1) is 0 Å². The van der Waals surface area contributed by atoms with Crippen molar-refractivity contribution < 1.29 is 0 Å². The summed E-state index contributed by atoms with van der Waals surface area (Å²) in [6.07, 6.45) is 4.18. The molecule has 0 aromatic heterocycles. The first-order valence-electron chi connectivity index (χ1n) is 4.61. The number of fused-ring (bicyclic) bond motifs is 2. The zero-order valence-electron chi connectivity index (χ0n) is 7.38. The topological polar surface area (TPSA) is 59.6 Å². The molecule has 2 aliphatic rings. The SMILES string of the molecule is N#CC(C#N)=C1CC2CCC(C1)N2. The molecule has 2 rings (SSSR count). The molecule has 0 saturated carbocycles. The van der Waals surface area contributed by atoms with Crippen LogP contribution in [-0.2, 0) is 0 Å². The van der Waals surface area contributed by atoms with Crippen LogP contribution in [0.1, 0.15) is 25.7 Å². The fourth-order valence-electron chi connectivity index (χ4n) is 2.29. The normalized spacial score (nSPS) is 30.8. The number of piperidine rings is 1. The van der Waals surface area contributed by atoms with Crippen LogP contribution in [0.15, 0.2) is 11.1 Å². The van der Waals surface area contributed by atoms with Crippen molar-refractivity contribution in [2.45, 2.75) is 37.8 Å². The maximum atomic E-state index is 8.72. The average Bonchev–Trinajstić information content (AvgIpc) is 2.48. The lowest BCUT2D eigenvalue weighted by Crippen LogP contribution is -2.35. The molecule has 66 valence electrons. The molecule has 2 saturated heterocycles. The zero-order chi connectivity index (χ0) is 9.26. The molecule has 2 heterocycles. The van der Waals surface area contributed by atoms with Crippen LogP contribution in [0.2, 0.25) is 0 Å². The first kappa shape index (κ1) is 8.29. The van der Waals surface area contributed by atoms with Crippen molar-refractivity contribution in [1.29, 1.82) is 10.5 Å². The Hall–Kier alpha value is -1.32. The second-order valence-corrected chi connectivity index (χ2v) is 3.75. The first-order valence-corrected chi connectivity index (χ1v) is 4.61. The number of allylic oxidation sites excluding steroid dienone is 1. The largest absolute Gasteiger partial charge is 0.311 e. The van der Waals surface area contributed by atoms with Crippen LogP contribution in [0.5, 0.6) is 0 Å². The van der Waals surface area contributed by atoms with Crippen molar-refractivity contribution in [1.82, 2.24) is 5.32 Å². The first-order chi connectivity index (χ1) is 6.33. The van der Waals surface area contributed by atoms with Crippen molar-refractivity contribution in [3.8, 4) is 12.1 Å². The van der Waals surface area contributed by atoms with E-state index in [2.05, 4.69) is 5.32 Å². The highest BCUT2D eigenvalue weighted by Crippen LogP contribution is 2.31. The summed E-state index contributed by atoms with van der Waals surface area (Å²) in [5.74, 6) is 0. The summed E-state index contributed by atoms with van der Waals surface area (Å²) in [7, 11) is 0. The van der Waals surface area contributed by atoms with Crippen LogP contribution in [0.3, 0.4) is 0 Å². The van der Waals surface area contributed by atoms with Crippen molar-refractivity contribution in [2.75, 3.05) is 0 Å². The van der Waals surface area contributed by atoms with Gasteiger partial charge in [0, 0.05) is 12.1 Å². The average molecular weight is 173 g/mol. The van der Waals surface area contributed by atoms with Gasteiger partial charge in [0.15, 0.2) is 0 Å². The molecule has 1 N–H and O–H groups in total. The highest BCUT2D eigenvalue weighted by Gasteiger charge is 2.31. The van der Waals surface area contributed by atoms with Gasteiger partial charge >= 0.3 is 0 Å². The third-order valence-electron chi connectivity index (χ3n) is 2.90. The van der Waals surface area contributed by atoms with E-state index in [0.717, 1.165) is 18.4 Å². The highest BCUT2D eigenvalue weighted by atomic mass is 15.0. The molecule has 0 amide bonds. The van der Waals surface area contributed by atoms with Gasteiger partial charge in [0.1, 0.15) is 17.7 Å². The summed E-state index contributed by atoms with van der Waals surface area (Å²) >= 11 is 0. The molecule has 13 heavy (non-hydrogen) atoms. The summed E-state index contributed by atoms with van der Waals surface area (Å²) in [6, 6.07) is 5.00. The Morgan fingerprint density at radius 1 is 1.15 bits per heavy atom. The maximum Gasteiger partial charge on any atom is 0.128 e. The summed E-state index contributed by atoms with van der Waals surface area (Å²) in [4.78, 5) is 0. The summed E-state index contributed by atoms with van der Waals surface area (Å²) in [5.41, 5.74) is 1.41. The van der Waals surface area contributed by atoms with Gasteiger partial charge in [-0.05, 0) is 31.3 Å². The Bertz CT molecular complexity index is 299. The molecule has 2 atom stereocenters. The summed E-state index contributed by atoms with van der Waals surface area (Å²) in [6.45, 7) is 0. The third-order valence-corrected chi connectivity index (χ3v) is 2.90. The molecule has 2 fully saturated rings. The van der Waals surface area contributed by atoms with Crippen molar-refractivity contribution in [2.24, 2.45) is 0 Å². The van der Waals surface area contributed by atoms with Crippen LogP contribution in [-0.4, -0.2) is 12.1 Å². The van der Waals surface area contributed by atoms with Gasteiger partial charge in [-0.3, -0.25) is 0 Å². The van der Waals surface area contributed by atoms with E-state index in [9.17, 15) is 0 Å². The molecular weight excluding hydrogens is 162 g/mol. The molecule has 2 bridgehead atoms. The van der Waals surface area contributed by atoms with E-state index in [0.29, 0.717) is 17.7 Å². The fourth-order valence-corrected chi connectivity index (χ4v) is 2.29. The van der Waals surface area contributed by atoms with Crippen LogP contribution < -0.4 is 5.32 Å². The van der Waals surface area contributed by atoms with Crippen molar-refractivity contribution >= 4 is 0 Å². The lowest BCUT2D eigenvalue weighted by atomic mass is 9.95. The van der Waals surface area contributed by atoms with E-state index < -0.39 is 0 Å². The Labute approximate surface area is 77.7 Å². The predicted octanol–water partition coefficient (Wildman–Crippen LogP) is 1.24. The van der Waals surface area contributed by atoms with E-state index in [-0.39, 0.29) is 0 Å². The van der Waals surface area contributed by atoms with E-state index in [1.54, 1.807) is 0 Å². The molecule has 3 nitrogen and oxygen atoms in total.